The number of carbonyl (C=O) groups is 2. The molecule has 0 aliphatic carbocycles. The highest BCUT2D eigenvalue weighted by atomic mass is 79.9. The Morgan fingerprint density at radius 3 is 1.77 bits per heavy atom. The van der Waals surface area contributed by atoms with Crippen LogP contribution >= 0.6 is 31.9 Å². The number of amides is 1. The second-order valence-electron chi connectivity index (χ2n) is 6.71. The fourth-order valence-corrected chi connectivity index (χ4v) is 2.73. The third-order valence-corrected chi connectivity index (χ3v) is 4.91. The smallest absolute Gasteiger partial charge is 0.272 e. The summed E-state index contributed by atoms with van der Waals surface area (Å²) in [7, 11) is 0. The Morgan fingerprint density at radius 2 is 1.31 bits per heavy atom. The van der Waals surface area contributed by atoms with Crippen molar-refractivity contribution in [1.29, 1.82) is 0 Å². The molecule has 2 aromatic rings. The first-order chi connectivity index (χ1) is 12.2. The number of carbonyl (C=O) groups excluding carboxylic acids is 2. The molecular formula is C20H20Br2N2O2. The Labute approximate surface area is 170 Å². The first-order valence-electron chi connectivity index (χ1n) is 8.02. The summed E-state index contributed by atoms with van der Waals surface area (Å²) in [6, 6.07) is 14.7. The minimum atomic E-state index is -0.589. The van der Waals surface area contributed by atoms with Crippen molar-refractivity contribution in [2.45, 2.75) is 20.8 Å². The van der Waals surface area contributed by atoms with Gasteiger partial charge in [0.05, 0.1) is 11.4 Å². The molecule has 0 radical (unpaired) electrons. The topological polar surface area (TPSA) is 58.2 Å². The summed E-state index contributed by atoms with van der Waals surface area (Å²) >= 11 is 6.85. The minimum Gasteiger partial charge on any atom is -0.350 e. The van der Waals surface area contributed by atoms with Gasteiger partial charge in [-0.15, -0.1) is 0 Å². The van der Waals surface area contributed by atoms with Crippen LogP contribution in [0.15, 0.2) is 69.2 Å². The summed E-state index contributed by atoms with van der Waals surface area (Å²) in [5.74, 6) is -0.542. The van der Waals surface area contributed by atoms with Crippen molar-refractivity contribution in [3.8, 4) is 0 Å². The predicted octanol–water partition coefficient (Wildman–Crippen LogP) is 5.76. The second-order valence-corrected chi connectivity index (χ2v) is 8.42. The van der Waals surface area contributed by atoms with Crippen molar-refractivity contribution < 1.29 is 9.59 Å². The molecule has 0 aliphatic heterocycles. The van der Waals surface area contributed by atoms with Crippen LogP contribution in [0.1, 0.15) is 20.8 Å². The Balaban J connectivity index is 2.35. The molecule has 0 saturated heterocycles. The summed E-state index contributed by atoms with van der Waals surface area (Å²) < 4.78 is 1.55. The largest absolute Gasteiger partial charge is 0.350 e. The van der Waals surface area contributed by atoms with Crippen LogP contribution in [0.2, 0.25) is 0 Å². The van der Waals surface area contributed by atoms with E-state index >= 15 is 0 Å². The molecule has 0 saturated carbocycles. The molecule has 1 amide bonds. The molecule has 0 atom stereocenters. The average Bonchev–Trinajstić information content (AvgIpc) is 2.57. The average molecular weight is 480 g/mol. The molecule has 2 N–H and O–H groups in total. The van der Waals surface area contributed by atoms with Gasteiger partial charge < -0.3 is 10.6 Å². The van der Waals surface area contributed by atoms with Crippen LogP contribution in [-0.2, 0) is 9.59 Å². The molecule has 0 aliphatic rings. The molecule has 2 rings (SSSR count). The molecule has 0 unspecified atom stereocenters. The van der Waals surface area contributed by atoms with Gasteiger partial charge in [-0.05, 0) is 56.1 Å². The number of hydrogen-bond acceptors (Lipinski definition) is 3. The van der Waals surface area contributed by atoms with Crippen LogP contribution in [0.25, 0.3) is 0 Å². The van der Waals surface area contributed by atoms with E-state index in [2.05, 4.69) is 42.5 Å². The number of para-hydroxylation sites is 2. The Bertz CT molecular complexity index is 855. The van der Waals surface area contributed by atoms with E-state index in [1.165, 1.54) is 6.08 Å². The van der Waals surface area contributed by atoms with E-state index in [-0.39, 0.29) is 11.5 Å². The molecular weight excluding hydrogens is 460 g/mol. The Morgan fingerprint density at radius 1 is 0.846 bits per heavy atom. The summed E-state index contributed by atoms with van der Waals surface area (Å²) in [6.07, 6.45) is 1.35. The quantitative estimate of drug-likeness (QED) is 0.536. The zero-order valence-corrected chi connectivity index (χ0v) is 17.9. The highest BCUT2D eigenvalue weighted by Crippen LogP contribution is 2.26. The SMILES string of the molecule is CC(C)(C)C(=O)C=C(Nc1ccccc1Br)C(=O)Nc1ccccc1Br. The fraction of sp³-hybridized carbons (Fsp3) is 0.200. The van der Waals surface area contributed by atoms with Gasteiger partial charge in [-0.1, -0.05) is 45.0 Å². The zero-order valence-electron chi connectivity index (χ0n) is 14.8. The van der Waals surface area contributed by atoms with Gasteiger partial charge in [-0.25, -0.2) is 0 Å². The number of halogens is 2. The van der Waals surface area contributed by atoms with E-state index in [1.807, 2.05) is 63.2 Å². The van der Waals surface area contributed by atoms with Gasteiger partial charge >= 0.3 is 0 Å². The Hall–Kier alpha value is -1.92. The van der Waals surface area contributed by atoms with Gasteiger partial charge in [0.15, 0.2) is 5.78 Å². The van der Waals surface area contributed by atoms with Crippen LogP contribution in [0.3, 0.4) is 0 Å². The number of benzene rings is 2. The van der Waals surface area contributed by atoms with E-state index in [0.717, 1.165) is 8.95 Å². The lowest BCUT2D eigenvalue weighted by Gasteiger charge is -2.17. The van der Waals surface area contributed by atoms with E-state index in [4.69, 9.17) is 0 Å². The normalized spacial score (nSPS) is 11.8. The third-order valence-electron chi connectivity index (χ3n) is 3.52. The van der Waals surface area contributed by atoms with Crippen LogP contribution in [0.4, 0.5) is 11.4 Å². The van der Waals surface area contributed by atoms with Crippen molar-refractivity contribution in [1.82, 2.24) is 0 Å². The lowest BCUT2D eigenvalue weighted by atomic mass is 9.90. The van der Waals surface area contributed by atoms with Gasteiger partial charge in [0.1, 0.15) is 5.70 Å². The van der Waals surface area contributed by atoms with Crippen molar-refractivity contribution in [3.63, 3.8) is 0 Å². The van der Waals surface area contributed by atoms with E-state index in [1.54, 1.807) is 6.07 Å². The summed E-state index contributed by atoms with van der Waals surface area (Å²) in [5, 5.41) is 5.88. The number of allylic oxidation sites excluding steroid dienone is 1. The zero-order chi connectivity index (χ0) is 19.3. The van der Waals surface area contributed by atoms with Crippen LogP contribution in [-0.4, -0.2) is 11.7 Å². The highest BCUT2D eigenvalue weighted by molar-refractivity contribution is 9.11. The van der Waals surface area contributed by atoms with E-state index < -0.39 is 11.3 Å². The molecule has 0 fully saturated rings. The maximum absolute atomic E-state index is 12.8. The molecule has 0 aromatic heterocycles. The molecule has 26 heavy (non-hydrogen) atoms. The molecule has 136 valence electrons. The third kappa shape index (κ3) is 5.54. The molecule has 6 heteroatoms. The van der Waals surface area contributed by atoms with E-state index in [9.17, 15) is 9.59 Å². The second kappa shape index (κ2) is 8.64. The first-order valence-corrected chi connectivity index (χ1v) is 9.60. The standard InChI is InChI=1S/C20H20Br2N2O2/c1-20(2,3)18(25)12-17(23-15-10-6-4-8-13(15)21)19(26)24-16-11-7-5-9-14(16)22/h4-12,23H,1-3H3,(H,24,26). The number of ketones is 1. The van der Waals surface area contributed by atoms with Crippen LogP contribution < -0.4 is 10.6 Å². The van der Waals surface area contributed by atoms with Crippen molar-refractivity contribution >= 4 is 54.9 Å². The monoisotopic (exact) mass is 478 g/mol. The van der Waals surface area contributed by atoms with E-state index in [0.29, 0.717) is 11.4 Å². The lowest BCUT2D eigenvalue weighted by molar-refractivity contribution is -0.122. The molecule has 0 heterocycles. The van der Waals surface area contributed by atoms with Crippen LogP contribution in [0.5, 0.6) is 0 Å². The van der Waals surface area contributed by atoms with Gasteiger partial charge in [0, 0.05) is 20.4 Å². The van der Waals surface area contributed by atoms with Gasteiger partial charge in [-0.2, -0.15) is 0 Å². The summed E-state index contributed by atoms with van der Waals surface area (Å²) in [4.78, 5) is 25.3. The lowest BCUT2D eigenvalue weighted by Crippen LogP contribution is -2.24. The summed E-state index contributed by atoms with van der Waals surface area (Å²) in [6.45, 7) is 5.44. The predicted molar refractivity (Wildman–Crippen MR) is 113 cm³/mol. The number of nitrogens with one attached hydrogen (secondary N) is 2. The van der Waals surface area contributed by atoms with Crippen molar-refractivity contribution in [2.24, 2.45) is 5.41 Å². The number of anilines is 2. The van der Waals surface area contributed by atoms with Crippen molar-refractivity contribution in [2.75, 3.05) is 10.6 Å². The molecule has 4 nitrogen and oxygen atoms in total. The Kier molecular flexibility index (Phi) is 6.78. The maximum atomic E-state index is 12.8. The van der Waals surface area contributed by atoms with Crippen LogP contribution in [0, 0.1) is 5.41 Å². The van der Waals surface area contributed by atoms with Gasteiger partial charge in [-0.3, -0.25) is 9.59 Å². The summed E-state index contributed by atoms with van der Waals surface area (Å²) in [5.41, 5.74) is 0.907. The number of hydrogen-bond donors (Lipinski definition) is 2. The number of rotatable bonds is 5. The van der Waals surface area contributed by atoms with Crippen molar-refractivity contribution in [3.05, 3.63) is 69.2 Å². The highest BCUT2D eigenvalue weighted by Gasteiger charge is 2.22. The first kappa shape index (κ1) is 20.4. The molecule has 0 spiro atoms. The molecule has 0 bridgehead atoms. The minimum absolute atomic E-state index is 0.144. The molecule has 2 aromatic carbocycles. The van der Waals surface area contributed by atoms with Gasteiger partial charge in [0.25, 0.3) is 5.91 Å². The van der Waals surface area contributed by atoms with Gasteiger partial charge in [0.2, 0.25) is 0 Å². The fourth-order valence-electron chi connectivity index (χ4n) is 1.97. The maximum Gasteiger partial charge on any atom is 0.272 e.